The summed E-state index contributed by atoms with van der Waals surface area (Å²) in [7, 11) is 0. The van der Waals surface area contributed by atoms with Gasteiger partial charge in [-0.3, -0.25) is 14.6 Å². The predicted molar refractivity (Wildman–Crippen MR) is 120 cm³/mol. The maximum atomic E-state index is 13.0. The van der Waals surface area contributed by atoms with Gasteiger partial charge in [-0.2, -0.15) is 0 Å². The molecule has 2 amide bonds. The Kier molecular flexibility index (Phi) is 10.1. The minimum Gasteiger partial charge on any atom is -0.355 e. The Morgan fingerprint density at radius 3 is 2.59 bits per heavy atom. The van der Waals surface area contributed by atoms with Gasteiger partial charge in [-0.15, -0.1) is 24.8 Å². The zero-order valence-corrected chi connectivity index (χ0v) is 18.1. The number of aromatic nitrogens is 1. The van der Waals surface area contributed by atoms with Crippen molar-refractivity contribution in [3.8, 4) is 11.1 Å². The molecule has 2 heterocycles. The largest absolute Gasteiger partial charge is 0.355 e. The van der Waals surface area contributed by atoms with Crippen molar-refractivity contribution in [1.29, 1.82) is 0 Å². The average molecular weight is 439 g/mol. The highest BCUT2D eigenvalue weighted by atomic mass is 35.5. The standard InChI is InChI=1S/C21H26N4O2.2ClH/c1-15-4-6-16(7-5-15)18-11-19(13-23-12-18)21(27)25-10-2-3-17(14-25)20(26)24-9-8-22;;/h4-7,11-13,17H,2-3,8-10,14,22H2,1H3,(H,24,26);2*1H. The smallest absolute Gasteiger partial charge is 0.255 e. The van der Waals surface area contributed by atoms with Crippen LogP contribution in [0.25, 0.3) is 11.1 Å². The van der Waals surface area contributed by atoms with Gasteiger partial charge in [0.15, 0.2) is 0 Å². The molecule has 0 saturated carbocycles. The summed E-state index contributed by atoms with van der Waals surface area (Å²) in [5.74, 6) is -0.278. The van der Waals surface area contributed by atoms with Crippen LogP contribution in [0.5, 0.6) is 0 Å². The fourth-order valence-corrected chi connectivity index (χ4v) is 3.36. The molecule has 1 atom stereocenters. The lowest BCUT2D eigenvalue weighted by atomic mass is 9.96. The molecule has 2 aromatic rings. The van der Waals surface area contributed by atoms with Crippen LogP contribution in [0.4, 0.5) is 0 Å². The number of halogens is 2. The summed E-state index contributed by atoms with van der Waals surface area (Å²) in [5.41, 5.74) is 9.12. The van der Waals surface area contributed by atoms with E-state index in [4.69, 9.17) is 5.73 Å². The molecule has 1 aromatic heterocycles. The van der Waals surface area contributed by atoms with E-state index in [-0.39, 0.29) is 42.5 Å². The Morgan fingerprint density at radius 2 is 1.90 bits per heavy atom. The number of amides is 2. The third-order valence-electron chi connectivity index (χ3n) is 4.89. The molecule has 1 saturated heterocycles. The number of likely N-dealkylation sites (tertiary alicyclic amines) is 1. The molecule has 3 N–H and O–H groups in total. The zero-order chi connectivity index (χ0) is 19.2. The van der Waals surface area contributed by atoms with Crippen molar-refractivity contribution in [3.05, 3.63) is 53.9 Å². The lowest BCUT2D eigenvalue weighted by Crippen LogP contribution is -2.46. The van der Waals surface area contributed by atoms with Gasteiger partial charge in [0.25, 0.3) is 5.91 Å². The summed E-state index contributed by atoms with van der Waals surface area (Å²) in [5, 5.41) is 2.82. The van der Waals surface area contributed by atoms with Crippen LogP contribution in [-0.2, 0) is 4.79 Å². The van der Waals surface area contributed by atoms with Gasteiger partial charge < -0.3 is 16.0 Å². The van der Waals surface area contributed by atoms with Gasteiger partial charge in [-0.1, -0.05) is 29.8 Å². The zero-order valence-electron chi connectivity index (χ0n) is 16.5. The first-order chi connectivity index (χ1) is 13.1. The molecular weight excluding hydrogens is 411 g/mol. The number of carbonyl (C=O) groups is 2. The molecule has 0 bridgehead atoms. The molecule has 158 valence electrons. The molecule has 0 aliphatic carbocycles. The van der Waals surface area contributed by atoms with Crippen molar-refractivity contribution in [1.82, 2.24) is 15.2 Å². The Labute approximate surface area is 184 Å². The monoisotopic (exact) mass is 438 g/mol. The van der Waals surface area contributed by atoms with Gasteiger partial charge in [-0.25, -0.2) is 0 Å². The molecule has 1 aliphatic heterocycles. The minimum absolute atomic E-state index is 0. The predicted octanol–water partition coefficient (Wildman–Crippen LogP) is 2.83. The van der Waals surface area contributed by atoms with E-state index < -0.39 is 0 Å². The first-order valence-corrected chi connectivity index (χ1v) is 9.37. The Balaban J connectivity index is 0.00000210. The SMILES string of the molecule is Cc1ccc(-c2cncc(C(=O)N3CCCC(C(=O)NCCN)C3)c2)cc1.Cl.Cl. The number of benzene rings is 1. The van der Waals surface area contributed by atoms with Crippen LogP contribution in [0.1, 0.15) is 28.8 Å². The number of carbonyl (C=O) groups excluding carboxylic acids is 2. The number of hydrogen-bond donors (Lipinski definition) is 2. The summed E-state index contributed by atoms with van der Waals surface area (Å²) < 4.78 is 0. The van der Waals surface area contributed by atoms with Crippen LogP contribution < -0.4 is 11.1 Å². The molecule has 6 nitrogen and oxygen atoms in total. The minimum atomic E-state index is -0.178. The van der Waals surface area contributed by atoms with Crippen molar-refractivity contribution in [3.63, 3.8) is 0 Å². The maximum absolute atomic E-state index is 13.0. The quantitative estimate of drug-likeness (QED) is 0.750. The molecule has 1 fully saturated rings. The molecule has 0 spiro atoms. The molecule has 3 rings (SSSR count). The van der Waals surface area contributed by atoms with Gasteiger partial charge in [0.05, 0.1) is 11.5 Å². The molecule has 1 unspecified atom stereocenters. The second-order valence-electron chi connectivity index (χ2n) is 7.00. The van der Waals surface area contributed by atoms with Crippen molar-refractivity contribution in [2.45, 2.75) is 19.8 Å². The molecule has 0 radical (unpaired) electrons. The van der Waals surface area contributed by atoms with Crippen LogP contribution in [-0.4, -0.2) is 47.9 Å². The summed E-state index contributed by atoms with van der Waals surface area (Å²) in [6.45, 7) is 4.01. The number of rotatable bonds is 5. The Bertz CT molecular complexity index is 815. The second kappa shape index (κ2) is 11.8. The third kappa shape index (κ3) is 6.42. The second-order valence-corrected chi connectivity index (χ2v) is 7.00. The lowest BCUT2D eigenvalue weighted by molar-refractivity contribution is -0.126. The number of nitrogens with two attached hydrogens (primary N) is 1. The summed E-state index contributed by atoms with van der Waals surface area (Å²) >= 11 is 0. The van der Waals surface area contributed by atoms with E-state index in [2.05, 4.69) is 10.3 Å². The summed E-state index contributed by atoms with van der Waals surface area (Å²) in [4.78, 5) is 31.2. The number of pyridine rings is 1. The fraction of sp³-hybridized carbons (Fsp3) is 0.381. The number of piperidine rings is 1. The van der Waals surface area contributed by atoms with E-state index in [1.165, 1.54) is 5.56 Å². The van der Waals surface area contributed by atoms with Crippen LogP contribution in [0, 0.1) is 12.8 Å². The van der Waals surface area contributed by atoms with E-state index >= 15 is 0 Å². The average Bonchev–Trinajstić information content (AvgIpc) is 2.72. The van der Waals surface area contributed by atoms with Crippen molar-refractivity contribution < 1.29 is 9.59 Å². The van der Waals surface area contributed by atoms with Gasteiger partial charge in [0.1, 0.15) is 0 Å². The molecular formula is C21H28Cl2N4O2. The molecule has 8 heteroatoms. The van der Waals surface area contributed by atoms with Gasteiger partial charge >= 0.3 is 0 Å². The van der Waals surface area contributed by atoms with Crippen LogP contribution in [0.3, 0.4) is 0 Å². The van der Waals surface area contributed by atoms with Crippen molar-refractivity contribution >= 4 is 36.6 Å². The molecule has 29 heavy (non-hydrogen) atoms. The first-order valence-electron chi connectivity index (χ1n) is 9.37. The first kappa shape index (κ1) is 24.9. The Hall–Kier alpha value is -2.15. The third-order valence-corrected chi connectivity index (χ3v) is 4.89. The summed E-state index contributed by atoms with van der Waals surface area (Å²) in [6, 6.07) is 10.0. The van der Waals surface area contributed by atoms with E-state index in [1.54, 1.807) is 17.3 Å². The van der Waals surface area contributed by atoms with E-state index in [0.29, 0.717) is 31.7 Å². The van der Waals surface area contributed by atoms with Crippen LogP contribution >= 0.6 is 24.8 Å². The van der Waals surface area contributed by atoms with E-state index in [1.807, 2.05) is 37.3 Å². The van der Waals surface area contributed by atoms with E-state index in [9.17, 15) is 9.59 Å². The lowest BCUT2D eigenvalue weighted by Gasteiger charge is -2.32. The van der Waals surface area contributed by atoms with Crippen LogP contribution in [0.15, 0.2) is 42.7 Å². The molecule has 1 aliphatic rings. The fourth-order valence-electron chi connectivity index (χ4n) is 3.36. The van der Waals surface area contributed by atoms with E-state index in [0.717, 1.165) is 24.0 Å². The normalized spacial score (nSPS) is 15.7. The van der Waals surface area contributed by atoms with Gasteiger partial charge in [0, 0.05) is 44.1 Å². The van der Waals surface area contributed by atoms with Gasteiger partial charge in [-0.05, 0) is 31.4 Å². The molecule has 1 aromatic carbocycles. The number of nitrogens with zero attached hydrogens (tertiary/aromatic N) is 2. The number of hydrogen-bond acceptors (Lipinski definition) is 4. The number of nitrogens with one attached hydrogen (secondary N) is 1. The van der Waals surface area contributed by atoms with Gasteiger partial charge in [0.2, 0.25) is 5.91 Å². The highest BCUT2D eigenvalue weighted by Gasteiger charge is 2.28. The topological polar surface area (TPSA) is 88.3 Å². The Morgan fingerprint density at radius 1 is 1.17 bits per heavy atom. The summed E-state index contributed by atoms with van der Waals surface area (Å²) in [6.07, 6.45) is 4.97. The van der Waals surface area contributed by atoms with Crippen LogP contribution in [0.2, 0.25) is 0 Å². The van der Waals surface area contributed by atoms with Crippen molar-refractivity contribution in [2.75, 3.05) is 26.2 Å². The number of aryl methyl sites for hydroxylation is 1. The van der Waals surface area contributed by atoms with Crippen molar-refractivity contribution in [2.24, 2.45) is 11.7 Å². The maximum Gasteiger partial charge on any atom is 0.255 e. The highest BCUT2D eigenvalue weighted by molar-refractivity contribution is 5.95. The highest BCUT2D eigenvalue weighted by Crippen LogP contribution is 2.23.